The van der Waals surface area contributed by atoms with Gasteiger partial charge in [-0.1, -0.05) is 6.08 Å². The van der Waals surface area contributed by atoms with Gasteiger partial charge in [0.2, 0.25) is 5.91 Å². The summed E-state index contributed by atoms with van der Waals surface area (Å²) >= 11 is 0. The molecule has 0 bridgehead atoms. The van der Waals surface area contributed by atoms with Crippen molar-refractivity contribution in [2.24, 2.45) is 5.73 Å². The molecule has 4 nitrogen and oxygen atoms in total. The van der Waals surface area contributed by atoms with Crippen LogP contribution in [-0.4, -0.2) is 35.5 Å². The second kappa shape index (κ2) is 3.92. The lowest BCUT2D eigenvalue weighted by Gasteiger charge is -2.17. The molecule has 66 valence electrons. The van der Waals surface area contributed by atoms with Crippen LogP contribution in [0.4, 0.5) is 0 Å². The number of rotatable bonds is 3. The maximum atomic E-state index is 11.1. The highest BCUT2D eigenvalue weighted by molar-refractivity contribution is 5.79. The molecule has 0 aromatic heterocycles. The average molecular weight is 167 g/mol. The van der Waals surface area contributed by atoms with Crippen LogP contribution in [0.15, 0.2) is 25.1 Å². The Balaban J connectivity index is 2.41. The fraction of sp³-hybridized carbons (Fsp3) is 0.375. The Morgan fingerprint density at radius 3 is 3.00 bits per heavy atom. The molecular formula is C8H13N3O. The van der Waals surface area contributed by atoms with E-state index >= 15 is 0 Å². The summed E-state index contributed by atoms with van der Waals surface area (Å²) in [6.45, 7) is 5.01. The first-order valence-electron chi connectivity index (χ1n) is 3.80. The third-order valence-electron chi connectivity index (χ3n) is 1.65. The van der Waals surface area contributed by atoms with Crippen molar-refractivity contribution in [3.63, 3.8) is 0 Å². The molecule has 1 aliphatic heterocycles. The lowest BCUT2D eigenvalue weighted by atomic mass is 10.5. The molecule has 0 atom stereocenters. The molecule has 12 heavy (non-hydrogen) atoms. The number of nitrogens with zero attached hydrogens (tertiary/aromatic N) is 2. The van der Waals surface area contributed by atoms with Gasteiger partial charge in [-0.05, 0) is 0 Å². The maximum absolute atomic E-state index is 11.1. The molecule has 0 fully saturated rings. The van der Waals surface area contributed by atoms with E-state index in [1.54, 1.807) is 17.2 Å². The van der Waals surface area contributed by atoms with Crippen molar-refractivity contribution in [3.05, 3.63) is 25.1 Å². The Hall–Kier alpha value is -1.29. The first kappa shape index (κ1) is 8.80. The normalized spacial score (nSPS) is 15.4. The van der Waals surface area contributed by atoms with Gasteiger partial charge >= 0.3 is 0 Å². The molecule has 1 aliphatic rings. The van der Waals surface area contributed by atoms with Gasteiger partial charge in [0.25, 0.3) is 0 Å². The molecule has 0 aliphatic carbocycles. The second-order valence-corrected chi connectivity index (χ2v) is 2.57. The Morgan fingerprint density at radius 1 is 1.67 bits per heavy atom. The Morgan fingerprint density at radius 2 is 2.42 bits per heavy atom. The van der Waals surface area contributed by atoms with Gasteiger partial charge in [-0.15, -0.1) is 6.58 Å². The largest absolute Gasteiger partial charge is 0.354 e. The van der Waals surface area contributed by atoms with E-state index in [2.05, 4.69) is 6.58 Å². The molecule has 0 aromatic rings. The van der Waals surface area contributed by atoms with Crippen LogP contribution in [0.5, 0.6) is 0 Å². The second-order valence-electron chi connectivity index (χ2n) is 2.57. The van der Waals surface area contributed by atoms with Gasteiger partial charge in [-0.2, -0.15) is 0 Å². The minimum Gasteiger partial charge on any atom is -0.354 e. The van der Waals surface area contributed by atoms with Gasteiger partial charge in [0.15, 0.2) is 0 Å². The molecular weight excluding hydrogens is 154 g/mol. The fourth-order valence-electron chi connectivity index (χ4n) is 1.03. The first-order chi connectivity index (χ1) is 5.77. The van der Waals surface area contributed by atoms with Crippen LogP contribution in [0.3, 0.4) is 0 Å². The highest BCUT2D eigenvalue weighted by atomic mass is 16.2. The summed E-state index contributed by atoms with van der Waals surface area (Å²) < 4.78 is 0. The SMILES string of the molecule is C=CCN1C=CN(C(=O)CN)C1. The Bertz CT molecular complexity index is 212. The number of hydrogen-bond acceptors (Lipinski definition) is 3. The molecule has 4 heteroatoms. The highest BCUT2D eigenvalue weighted by Gasteiger charge is 2.15. The van der Waals surface area contributed by atoms with E-state index < -0.39 is 0 Å². The van der Waals surface area contributed by atoms with Crippen molar-refractivity contribution in [2.75, 3.05) is 19.8 Å². The van der Waals surface area contributed by atoms with Crippen LogP contribution >= 0.6 is 0 Å². The molecule has 0 unspecified atom stereocenters. The molecule has 2 N–H and O–H groups in total. The van der Waals surface area contributed by atoms with E-state index in [1.165, 1.54) is 0 Å². The zero-order valence-electron chi connectivity index (χ0n) is 6.94. The van der Waals surface area contributed by atoms with Crippen molar-refractivity contribution in [3.8, 4) is 0 Å². The summed E-state index contributed by atoms with van der Waals surface area (Å²) in [4.78, 5) is 14.6. The zero-order chi connectivity index (χ0) is 8.97. The van der Waals surface area contributed by atoms with Crippen molar-refractivity contribution < 1.29 is 4.79 Å². The van der Waals surface area contributed by atoms with Crippen LogP contribution < -0.4 is 5.73 Å². The number of carbonyl (C=O) groups excluding carboxylic acids is 1. The molecule has 1 amide bonds. The molecule has 0 radical (unpaired) electrons. The summed E-state index contributed by atoms with van der Waals surface area (Å²) in [5.41, 5.74) is 5.21. The first-order valence-corrected chi connectivity index (χ1v) is 3.80. The minimum absolute atomic E-state index is 0.0576. The Kier molecular flexibility index (Phi) is 2.88. The zero-order valence-corrected chi connectivity index (χ0v) is 6.94. The van der Waals surface area contributed by atoms with Crippen LogP contribution in [0.25, 0.3) is 0 Å². The maximum Gasteiger partial charge on any atom is 0.241 e. The van der Waals surface area contributed by atoms with Crippen molar-refractivity contribution in [1.82, 2.24) is 9.80 Å². The van der Waals surface area contributed by atoms with Gasteiger partial charge in [-0.25, -0.2) is 0 Å². The smallest absolute Gasteiger partial charge is 0.241 e. The van der Waals surface area contributed by atoms with Crippen LogP contribution in [0.1, 0.15) is 0 Å². The quantitative estimate of drug-likeness (QED) is 0.587. The monoisotopic (exact) mass is 167 g/mol. The number of nitrogens with two attached hydrogens (primary N) is 1. The van der Waals surface area contributed by atoms with Crippen LogP contribution in [0.2, 0.25) is 0 Å². The van der Waals surface area contributed by atoms with Crippen molar-refractivity contribution >= 4 is 5.91 Å². The topological polar surface area (TPSA) is 49.6 Å². The van der Waals surface area contributed by atoms with Crippen molar-refractivity contribution in [1.29, 1.82) is 0 Å². The van der Waals surface area contributed by atoms with Crippen LogP contribution in [-0.2, 0) is 4.79 Å². The van der Waals surface area contributed by atoms with E-state index in [9.17, 15) is 4.79 Å². The molecule has 0 saturated carbocycles. The molecule has 1 rings (SSSR count). The standard InChI is InChI=1S/C8H13N3O/c1-2-3-10-4-5-11(7-10)8(12)6-9/h2,4-5H,1,3,6-7,9H2. The van der Waals surface area contributed by atoms with E-state index in [4.69, 9.17) is 5.73 Å². The fourth-order valence-corrected chi connectivity index (χ4v) is 1.03. The Labute approximate surface area is 71.9 Å². The predicted octanol–water partition coefficient (Wildman–Crippen LogP) is -0.296. The minimum atomic E-state index is -0.0576. The summed E-state index contributed by atoms with van der Waals surface area (Å²) in [5, 5.41) is 0. The average Bonchev–Trinajstić information content (AvgIpc) is 2.52. The summed E-state index contributed by atoms with van der Waals surface area (Å²) in [6.07, 6.45) is 5.38. The molecule has 0 saturated heterocycles. The van der Waals surface area contributed by atoms with E-state index in [1.807, 2.05) is 11.1 Å². The number of carbonyl (C=O) groups is 1. The molecule has 1 heterocycles. The summed E-state index contributed by atoms with van der Waals surface area (Å²) in [7, 11) is 0. The number of amides is 1. The predicted molar refractivity (Wildman–Crippen MR) is 46.8 cm³/mol. The number of hydrogen-bond donors (Lipinski definition) is 1. The van der Waals surface area contributed by atoms with E-state index in [-0.39, 0.29) is 12.5 Å². The third kappa shape index (κ3) is 1.85. The molecule has 0 aromatic carbocycles. The third-order valence-corrected chi connectivity index (χ3v) is 1.65. The van der Waals surface area contributed by atoms with Gasteiger partial charge < -0.3 is 10.6 Å². The van der Waals surface area contributed by atoms with Gasteiger partial charge in [0.05, 0.1) is 13.2 Å². The van der Waals surface area contributed by atoms with Crippen molar-refractivity contribution in [2.45, 2.75) is 0 Å². The van der Waals surface area contributed by atoms with Gasteiger partial charge in [-0.3, -0.25) is 9.69 Å². The van der Waals surface area contributed by atoms with Gasteiger partial charge in [0, 0.05) is 18.9 Å². The lowest BCUT2D eigenvalue weighted by molar-refractivity contribution is -0.127. The summed E-state index contributed by atoms with van der Waals surface area (Å²) in [6, 6.07) is 0. The van der Waals surface area contributed by atoms with Crippen LogP contribution in [0, 0.1) is 0 Å². The van der Waals surface area contributed by atoms with Gasteiger partial charge in [0.1, 0.15) is 0 Å². The lowest BCUT2D eigenvalue weighted by Crippen LogP contribution is -2.34. The van der Waals surface area contributed by atoms with E-state index in [0.29, 0.717) is 6.67 Å². The molecule has 0 spiro atoms. The highest BCUT2D eigenvalue weighted by Crippen LogP contribution is 2.05. The van der Waals surface area contributed by atoms with E-state index in [0.717, 1.165) is 6.54 Å². The summed E-state index contributed by atoms with van der Waals surface area (Å²) in [5.74, 6) is -0.0576.